The van der Waals surface area contributed by atoms with Crippen LogP contribution in [0.2, 0.25) is 0 Å². The number of rotatable bonds is 5. The van der Waals surface area contributed by atoms with Gasteiger partial charge in [0, 0.05) is 6.54 Å². The Kier molecular flexibility index (Phi) is 4.74. The zero-order valence-electron chi connectivity index (χ0n) is 9.25. The first-order chi connectivity index (χ1) is 7.24. The molecule has 0 spiro atoms. The van der Waals surface area contributed by atoms with Crippen LogP contribution < -0.4 is 10.6 Å². The molecule has 0 saturated heterocycles. The second-order valence-corrected chi connectivity index (χ2v) is 3.49. The maximum Gasteiger partial charge on any atom is 0.315 e. The highest BCUT2D eigenvalue weighted by Gasteiger charge is 2.10. The third-order valence-electron chi connectivity index (χ3n) is 2.13. The maximum atomic E-state index is 11.4. The van der Waals surface area contributed by atoms with E-state index in [4.69, 9.17) is 4.42 Å². The first kappa shape index (κ1) is 11.6. The normalized spacial score (nSPS) is 12.1. The van der Waals surface area contributed by atoms with E-state index in [1.165, 1.54) is 0 Å². The van der Waals surface area contributed by atoms with Crippen LogP contribution in [-0.2, 0) is 0 Å². The van der Waals surface area contributed by atoms with Crippen LogP contribution in [0.5, 0.6) is 0 Å². The Labute approximate surface area is 90.0 Å². The predicted molar refractivity (Wildman–Crippen MR) is 58.6 cm³/mol. The number of hydrogen-bond acceptors (Lipinski definition) is 2. The molecule has 2 amide bonds. The van der Waals surface area contributed by atoms with Gasteiger partial charge < -0.3 is 15.1 Å². The average Bonchev–Trinajstić information content (AvgIpc) is 2.70. The van der Waals surface area contributed by atoms with Crippen molar-refractivity contribution in [3.05, 3.63) is 24.2 Å². The molecule has 0 bridgehead atoms. The molecule has 0 saturated carbocycles. The fourth-order valence-electron chi connectivity index (χ4n) is 1.24. The molecule has 1 aromatic rings. The standard InChI is InChI=1S/C11H18N2O2/c1-3-4-7-12-11(14)13-9(2)10-6-5-8-15-10/h5-6,8-9H,3-4,7H2,1-2H3,(H2,12,13,14). The van der Waals surface area contributed by atoms with E-state index in [9.17, 15) is 4.79 Å². The Bertz CT molecular complexity index is 283. The maximum absolute atomic E-state index is 11.4. The Morgan fingerprint density at radius 1 is 1.60 bits per heavy atom. The molecule has 1 atom stereocenters. The molecule has 0 fully saturated rings. The number of unbranched alkanes of at least 4 members (excludes halogenated alkanes) is 1. The molecule has 0 aliphatic rings. The lowest BCUT2D eigenvalue weighted by atomic mass is 10.2. The van der Waals surface area contributed by atoms with Crippen LogP contribution in [0, 0.1) is 0 Å². The van der Waals surface area contributed by atoms with Gasteiger partial charge in [-0.15, -0.1) is 0 Å². The molecule has 1 unspecified atom stereocenters. The zero-order chi connectivity index (χ0) is 11.1. The molecule has 1 aromatic heterocycles. The minimum atomic E-state index is -0.146. The number of nitrogens with one attached hydrogen (secondary N) is 2. The highest BCUT2D eigenvalue weighted by atomic mass is 16.3. The molecule has 0 aromatic carbocycles. The van der Waals surface area contributed by atoms with Crippen molar-refractivity contribution >= 4 is 6.03 Å². The van der Waals surface area contributed by atoms with Crippen molar-refractivity contribution in [2.75, 3.05) is 6.54 Å². The molecular weight excluding hydrogens is 192 g/mol. The summed E-state index contributed by atoms with van der Waals surface area (Å²) in [5, 5.41) is 5.58. The SMILES string of the molecule is CCCCNC(=O)NC(C)c1ccco1. The van der Waals surface area contributed by atoms with Crippen LogP contribution in [0.15, 0.2) is 22.8 Å². The van der Waals surface area contributed by atoms with Crippen LogP contribution >= 0.6 is 0 Å². The van der Waals surface area contributed by atoms with Crippen molar-refractivity contribution in [1.29, 1.82) is 0 Å². The predicted octanol–water partition coefficient (Wildman–Crippen LogP) is 2.44. The van der Waals surface area contributed by atoms with Gasteiger partial charge in [-0.05, 0) is 25.5 Å². The van der Waals surface area contributed by atoms with E-state index in [2.05, 4.69) is 17.6 Å². The number of carbonyl (C=O) groups is 1. The molecule has 0 radical (unpaired) electrons. The summed E-state index contributed by atoms with van der Waals surface area (Å²) in [4.78, 5) is 11.4. The summed E-state index contributed by atoms with van der Waals surface area (Å²) in [6.45, 7) is 4.69. The van der Waals surface area contributed by atoms with E-state index in [1.54, 1.807) is 6.26 Å². The number of urea groups is 1. The summed E-state index contributed by atoms with van der Waals surface area (Å²) >= 11 is 0. The lowest BCUT2D eigenvalue weighted by Gasteiger charge is -2.12. The summed E-state index contributed by atoms with van der Waals surface area (Å²) in [6.07, 6.45) is 3.68. The Morgan fingerprint density at radius 3 is 3.00 bits per heavy atom. The van der Waals surface area contributed by atoms with Crippen molar-refractivity contribution < 1.29 is 9.21 Å². The van der Waals surface area contributed by atoms with E-state index in [1.807, 2.05) is 19.1 Å². The van der Waals surface area contributed by atoms with E-state index < -0.39 is 0 Å². The van der Waals surface area contributed by atoms with Gasteiger partial charge in [0.25, 0.3) is 0 Å². The fraction of sp³-hybridized carbons (Fsp3) is 0.545. The average molecular weight is 210 g/mol. The summed E-state index contributed by atoms with van der Waals surface area (Å²) in [5.41, 5.74) is 0. The van der Waals surface area contributed by atoms with Crippen LogP contribution in [0.1, 0.15) is 38.5 Å². The van der Waals surface area contributed by atoms with E-state index >= 15 is 0 Å². The van der Waals surface area contributed by atoms with Crippen LogP contribution in [-0.4, -0.2) is 12.6 Å². The number of hydrogen-bond donors (Lipinski definition) is 2. The van der Waals surface area contributed by atoms with Gasteiger partial charge in [-0.2, -0.15) is 0 Å². The Morgan fingerprint density at radius 2 is 2.40 bits per heavy atom. The second-order valence-electron chi connectivity index (χ2n) is 3.49. The summed E-state index contributed by atoms with van der Waals surface area (Å²) in [5.74, 6) is 0.764. The molecule has 4 heteroatoms. The van der Waals surface area contributed by atoms with E-state index in [0.717, 1.165) is 18.6 Å². The highest BCUT2D eigenvalue weighted by molar-refractivity contribution is 5.74. The summed E-state index contributed by atoms with van der Waals surface area (Å²) < 4.78 is 5.18. The number of carbonyl (C=O) groups excluding carboxylic acids is 1. The molecule has 1 heterocycles. The van der Waals surface area contributed by atoms with Gasteiger partial charge in [0.2, 0.25) is 0 Å². The lowest BCUT2D eigenvalue weighted by molar-refractivity contribution is 0.236. The van der Waals surface area contributed by atoms with E-state index in [0.29, 0.717) is 6.54 Å². The van der Waals surface area contributed by atoms with Crippen LogP contribution in [0.25, 0.3) is 0 Å². The van der Waals surface area contributed by atoms with E-state index in [-0.39, 0.29) is 12.1 Å². The third-order valence-corrected chi connectivity index (χ3v) is 2.13. The molecule has 1 rings (SSSR count). The number of furan rings is 1. The first-order valence-corrected chi connectivity index (χ1v) is 5.31. The molecule has 4 nitrogen and oxygen atoms in total. The van der Waals surface area contributed by atoms with Crippen molar-refractivity contribution in [2.45, 2.75) is 32.7 Å². The molecule has 0 aliphatic carbocycles. The molecule has 2 N–H and O–H groups in total. The summed E-state index contributed by atoms with van der Waals surface area (Å²) in [7, 11) is 0. The zero-order valence-corrected chi connectivity index (χ0v) is 9.25. The first-order valence-electron chi connectivity index (χ1n) is 5.31. The van der Waals surface area contributed by atoms with Gasteiger partial charge >= 0.3 is 6.03 Å². The van der Waals surface area contributed by atoms with Crippen molar-refractivity contribution in [3.63, 3.8) is 0 Å². The minimum Gasteiger partial charge on any atom is -0.467 e. The second kappa shape index (κ2) is 6.11. The lowest BCUT2D eigenvalue weighted by Crippen LogP contribution is -2.37. The Hall–Kier alpha value is -1.45. The molecule has 15 heavy (non-hydrogen) atoms. The van der Waals surface area contributed by atoms with Crippen LogP contribution in [0.4, 0.5) is 4.79 Å². The Balaban J connectivity index is 2.26. The fourth-order valence-corrected chi connectivity index (χ4v) is 1.24. The van der Waals surface area contributed by atoms with Gasteiger partial charge in [0.1, 0.15) is 5.76 Å². The number of amides is 2. The summed E-state index contributed by atoms with van der Waals surface area (Å²) in [6, 6.07) is 3.41. The molecular formula is C11H18N2O2. The van der Waals surface area contributed by atoms with Gasteiger partial charge in [0.05, 0.1) is 12.3 Å². The van der Waals surface area contributed by atoms with Crippen LogP contribution in [0.3, 0.4) is 0 Å². The molecule has 84 valence electrons. The van der Waals surface area contributed by atoms with Gasteiger partial charge in [-0.3, -0.25) is 0 Å². The monoisotopic (exact) mass is 210 g/mol. The largest absolute Gasteiger partial charge is 0.467 e. The quantitative estimate of drug-likeness (QED) is 0.733. The van der Waals surface area contributed by atoms with Crippen molar-refractivity contribution in [3.8, 4) is 0 Å². The van der Waals surface area contributed by atoms with Gasteiger partial charge in [-0.1, -0.05) is 13.3 Å². The van der Waals surface area contributed by atoms with Crippen molar-refractivity contribution in [2.24, 2.45) is 0 Å². The van der Waals surface area contributed by atoms with Crippen molar-refractivity contribution in [1.82, 2.24) is 10.6 Å². The van der Waals surface area contributed by atoms with Gasteiger partial charge in [0.15, 0.2) is 0 Å². The van der Waals surface area contributed by atoms with Gasteiger partial charge in [-0.25, -0.2) is 4.79 Å². The third kappa shape index (κ3) is 4.06. The smallest absolute Gasteiger partial charge is 0.315 e. The molecule has 0 aliphatic heterocycles. The topological polar surface area (TPSA) is 54.3 Å². The minimum absolute atomic E-state index is 0.0957. The highest BCUT2D eigenvalue weighted by Crippen LogP contribution is 2.11.